The van der Waals surface area contributed by atoms with Crippen LogP contribution in [0.25, 0.3) is 0 Å². The van der Waals surface area contributed by atoms with E-state index >= 15 is 0 Å². The molecule has 1 heterocycles. The summed E-state index contributed by atoms with van der Waals surface area (Å²) >= 11 is 0. The predicted octanol–water partition coefficient (Wildman–Crippen LogP) is 4.46. The number of carbonyl (C=O) groups excluding carboxylic acids is 1. The number of fused-ring (bicyclic) bond motifs is 1. The summed E-state index contributed by atoms with van der Waals surface area (Å²) < 4.78 is 39.7. The first kappa shape index (κ1) is 23.4. The van der Waals surface area contributed by atoms with E-state index in [2.05, 4.69) is 11.9 Å². The van der Waals surface area contributed by atoms with Gasteiger partial charge in [0.2, 0.25) is 0 Å². The molecule has 34 heavy (non-hydrogen) atoms. The molecule has 8 heteroatoms. The molecule has 1 atom stereocenters. The Kier molecular flexibility index (Phi) is 6.61. The van der Waals surface area contributed by atoms with Gasteiger partial charge in [0.05, 0.1) is 17.1 Å². The second kappa shape index (κ2) is 9.61. The molecule has 0 aliphatic carbocycles. The van der Waals surface area contributed by atoms with Gasteiger partial charge in [-0.15, -0.1) is 0 Å². The van der Waals surface area contributed by atoms with Crippen LogP contribution in [-0.4, -0.2) is 33.6 Å². The molecule has 0 unspecified atom stereocenters. The third-order valence-corrected chi connectivity index (χ3v) is 7.17. The minimum atomic E-state index is -3.91. The van der Waals surface area contributed by atoms with Crippen LogP contribution in [0.4, 0.5) is 11.4 Å². The van der Waals surface area contributed by atoms with Gasteiger partial charge in [-0.05, 0) is 67.9 Å². The number of ether oxygens (including phenoxy) is 2. The van der Waals surface area contributed by atoms with Gasteiger partial charge in [-0.3, -0.25) is 9.10 Å². The number of aryl methyl sites for hydroxylation is 2. The summed E-state index contributed by atoms with van der Waals surface area (Å²) in [7, 11) is -3.91. The third-order valence-electron chi connectivity index (χ3n) is 5.38. The number of nitrogens with zero attached hydrogens (tertiary/aromatic N) is 1. The molecule has 7 nitrogen and oxygen atoms in total. The van der Waals surface area contributed by atoms with Crippen molar-refractivity contribution in [2.75, 3.05) is 22.8 Å². The lowest BCUT2D eigenvalue weighted by Crippen LogP contribution is -2.48. The van der Waals surface area contributed by atoms with Crippen LogP contribution in [0.1, 0.15) is 11.1 Å². The Balaban J connectivity index is 1.60. The molecule has 3 aromatic rings. The summed E-state index contributed by atoms with van der Waals surface area (Å²) in [6.07, 6.45) is 0.609. The molecular formula is C26H26N2O5S. The van der Waals surface area contributed by atoms with Crippen LogP contribution < -0.4 is 19.1 Å². The van der Waals surface area contributed by atoms with Crippen LogP contribution in [0.15, 0.2) is 84.3 Å². The second-order valence-electron chi connectivity index (χ2n) is 8.04. The van der Waals surface area contributed by atoms with E-state index in [1.54, 1.807) is 66.7 Å². The van der Waals surface area contributed by atoms with Gasteiger partial charge < -0.3 is 14.8 Å². The minimum absolute atomic E-state index is 0.154. The number of amides is 1. The Morgan fingerprint density at radius 3 is 2.44 bits per heavy atom. The van der Waals surface area contributed by atoms with E-state index in [0.717, 1.165) is 11.1 Å². The smallest absolute Gasteiger partial charge is 0.267 e. The minimum Gasteiger partial charge on any atom is -0.490 e. The lowest BCUT2D eigenvalue weighted by Gasteiger charge is -2.35. The van der Waals surface area contributed by atoms with Gasteiger partial charge in [0.25, 0.3) is 15.9 Å². The van der Waals surface area contributed by atoms with Crippen molar-refractivity contribution < 1.29 is 22.7 Å². The first-order chi connectivity index (χ1) is 16.3. The Labute approximate surface area is 199 Å². The summed E-state index contributed by atoms with van der Waals surface area (Å²) in [5, 5.41) is 2.80. The average Bonchev–Trinajstić information content (AvgIpc) is 2.83. The van der Waals surface area contributed by atoms with Gasteiger partial charge in [0, 0.05) is 5.69 Å². The van der Waals surface area contributed by atoms with Crippen LogP contribution in [0.5, 0.6) is 11.5 Å². The van der Waals surface area contributed by atoms with Crippen LogP contribution in [0.2, 0.25) is 0 Å². The molecule has 4 rings (SSSR count). The number of hydrogen-bond acceptors (Lipinski definition) is 5. The highest BCUT2D eigenvalue weighted by molar-refractivity contribution is 7.92. The monoisotopic (exact) mass is 478 g/mol. The lowest BCUT2D eigenvalue weighted by atomic mass is 10.1. The van der Waals surface area contributed by atoms with Crippen molar-refractivity contribution in [2.45, 2.75) is 24.8 Å². The standard InChI is InChI=1S/C26H26N2O5S/c1-4-15-32-21-10-8-20(9-11-21)27-26(29)25-17-28(23-14-7-19(3)16-24(23)33-25)34(30,31)22-12-5-18(2)6-13-22/h4-14,16,25H,1,15,17H2,2-3H3,(H,27,29)/t25-/m0/s1. The predicted molar refractivity (Wildman–Crippen MR) is 132 cm³/mol. The maximum atomic E-state index is 13.5. The van der Waals surface area contributed by atoms with Gasteiger partial charge >= 0.3 is 0 Å². The average molecular weight is 479 g/mol. The van der Waals surface area contributed by atoms with Crippen molar-refractivity contribution in [3.05, 3.63) is 90.5 Å². The molecule has 0 spiro atoms. The molecule has 1 amide bonds. The first-order valence-electron chi connectivity index (χ1n) is 10.8. The SMILES string of the molecule is C=CCOc1ccc(NC(=O)[C@@H]2CN(S(=O)(=O)c3ccc(C)cc3)c3ccc(C)cc3O2)cc1. The highest BCUT2D eigenvalue weighted by Gasteiger charge is 2.37. The first-order valence-corrected chi connectivity index (χ1v) is 12.2. The molecule has 0 radical (unpaired) electrons. The molecule has 0 aromatic heterocycles. The molecule has 0 fully saturated rings. The van der Waals surface area contributed by atoms with Crippen LogP contribution in [0.3, 0.4) is 0 Å². The van der Waals surface area contributed by atoms with Gasteiger partial charge in [0.15, 0.2) is 6.10 Å². The quantitative estimate of drug-likeness (QED) is 0.507. The molecule has 1 N–H and O–H groups in total. The fourth-order valence-electron chi connectivity index (χ4n) is 3.58. The molecule has 3 aromatic carbocycles. The van der Waals surface area contributed by atoms with Gasteiger partial charge in [-0.2, -0.15) is 0 Å². The molecule has 0 saturated heterocycles. The zero-order valence-electron chi connectivity index (χ0n) is 19.0. The van der Waals surface area contributed by atoms with E-state index in [1.807, 2.05) is 19.9 Å². The summed E-state index contributed by atoms with van der Waals surface area (Å²) in [4.78, 5) is 13.2. The third kappa shape index (κ3) is 4.92. The zero-order valence-corrected chi connectivity index (χ0v) is 19.8. The number of hydrogen-bond donors (Lipinski definition) is 1. The van der Waals surface area contributed by atoms with Crippen molar-refractivity contribution in [3.8, 4) is 11.5 Å². The fraction of sp³-hybridized carbons (Fsp3) is 0.192. The van der Waals surface area contributed by atoms with Crippen molar-refractivity contribution in [2.24, 2.45) is 0 Å². The van der Waals surface area contributed by atoms with Crippen molar-refractivity contribution in [1.82, 2.24) is 0 Å². The molecule has 1 aliphatic heterocycles. The summed E-state index contributed by atoms with van der Waals surface area (Å²) in [6.45, 7) is 7.60. The molecular weight excluding hydrogens is 452 g/mol. The Morgan fingerprint density at radius 1 is 1.09 bits per heavy atom. The Hall–Kier alpha value is -3.78. The van der Waals surface area contributed by atoms with E-state index < -0.39 is 22.0 Å². The number of sulfonamides is 1. The molecule has 0 saturated carbocycles. The Morgan fingerprint density at radius 2 is 1.76 bits per heavy atom. The number of nitrogens with one attached hydrogen (secondary N) is 1. The van der Waals surface area contributed by atoms with E-state index in [0.29, 0.717) is 29.5 Å². The fourth-order valence-corrected chi connectivity index (χ4v) is 5.05. The van der Waals surface area contributed by atoms with Crippen LogP contribution >= 0.6 is 0 Å². The number of benzene rings is 3. The maximum absolute atomic E-state index is 13.5. The molecule has 176 valence electrons. The van der Waals surface area contributed by atoms with Gasteiger partial charge in [0.1, 0.15) is 18.1 Å². The van der Waals surface area contributed by atoms with E-state index in [1.165, 1.54) is 4.31 Å². The number of anilines is 2. The van der Waals surface area contributed by atoms with Gasteiger partial charge in [-0.1, -0.05) is 36.4 Å². The molecule has 1 aliphatic rings. The second-order valence-corrected chi connectivity index (χ2v) is 9.90. The summed E-state index contributed by atoms with van der Waals surface area (Å²) in [5.41, 5.74) is 2.79. The summed E-state index contributed by atoms with van der Waals surface area (Å²) in [6, 6.07) is 18.8. The highest BCUT2D eigenvalue weighted by Crippen LogP contribution is 2.38. The topological polar surface area (TPSA) is 84.9 Å². The normalized spacial score (nSPS) is 15.1. The zero-order chi connectivity index (χ0) is 24.3. The molecule has 0 bridgehead atoms. The van der Waals surface area contributed by atoms with E-state index in [4.69, 9.17) is 9.47 Å². The van der Waals surface area contributed by atoms with Crippen molar-refractivity contribution in [1.29, 1.82) is 0 Å². The largest absolute Gasteiger partial charge is 0.490 e. The lowest BCUT2D eigenvalue weighted by molar-refractivity contribution is -0.122. The van der Waals surface area contributed by atoms with Crippen molar-refractivity contribution in [3.63, 3.8) is 0 Å². The summed E-state index contributed by atoms with van der Waals surface area (Å²) in [5.74, 6) is 0.540. The van der Waals surface area contributed by atoms with Crippen molar-refractivity contribution >= 4 is 27.3 Å². The maximum Gasteiger partial charge on any atom is 0.267 e. The Bertz CT molecular complexity index is 1300. The van der Waals surface area contributed by atoms with E-state index in [-0.39, 0.29) is 11.4 Å². The van der Waals surface area contributed by atoms with E-state index in [9.17, 15) is 13.2 Å². The highest BCUT2D eigenvalue weighted by atomic mass is 32.2. The van der Waals surface area contributed by atoms with Crippen LogP contribution in [0, 0.1) is 13.8 Å². The number of carbonyl (C=O) groups is 1. The number of rotatable bonds is 7. The van der Waals surface area contributed by atoms with Crippen LogP contribution in [-0.2, 0) is 14.8 Å². The van der Waals surface area contributed by atoms with Gasteiger partial charge in [-0.25, -0.2) is 8.42 Å².